The largest absolute Gasteiger partial charge is 0.412 e. The molecule has 0 saturated carbocycles. The molecular formula is C20H36N2O4. The van der Waals surface area contributed by atoms with Crippen molar-refractivity contribution in [3.8, 4) is 5.75 Å². The molecular weight excluding hydrogens is 332 g/mol. The van der Waals surface area contributed by atoms with Crippen LogP contribution in [0.15, 0.2) is 24.3 Å². The molecule has 1 aromatic rings. The Morgan fingerprint density at radius 3 is 2.08 bits per heavy atom. The minimum absolute atomic E-state index is 0.111. The Bertz CT molecular complexity index is 457. The summed E-state index contributed by atoms with van der Waals surface area (Å²) in [6.45, 7) is 10.9. The molecule has 0 heterocycles. The normalized spacial score (nSPS) is 11.2. The van der Waals surface area contributed by atoms with E-state index < -0.39 is 6.09 Å². The van der Waals surface area contributed by atoms with Crippen LogP contribution in [0.25, 0.3) is 0 Å². The summed E-state index contributed by atoms with van der Waals surface area (Å²) in [5.41, 5.74) is 1.04. The number of benzene rings is 1. The second-order valence-corrected chi connectivity index (χ2v) is 5.69. The number of amides is 1. The molecule has 1 amide bonds. The molecule has 0 fully saturated rings. The first kappa shape index (κ1) is 24.2. The van der Waals surface area contributed by atoms with E-state index in [1.165, 1.54) is 0 Å². The molecule has 1 rings (SSSR count). The van der Waals surface area contributed by atoms with E-state index in [0.29, 0.717) is 19.0 Å². The van der Waals surface area contributed by atoms with Gasteiger partial charge in [-0.2, -0.15) is 0 Å². The van der Waals surface area contributed by atoms with Crippen LogP contribution in [0.3, 0.4) is 0 Å². The molecule has 0 aromatic heterocycles. The Morgan fingerprint density at radius 2 is 1.62 bits per heavy atom. The van der Waals surface area contributed by atoms with Gasteiger partial charge in [-0.25, -0.2) is 4.79 Å². The molecule has 0 saturated heterocycles. The average molecular weight is 369 g/mol. The Labute approximate surface area is 158 Å². The highest BCUT2D eigenvalue weighted by molar-refractivity contribution is 5.70. The van der Waals surface area contributed by atoms with Crippen molar-refractivity contribution in [1.82, 2.24) is 5.32 Å². The first-order valence-corrected chi connectivity index (χ1v) is 9.42. The van der Waals surface area contributed by atoms with Crippen LogP contribution in [0.5, 0.6) is 5.75 Å². The lowest BCUT2D eigenvalue weighted by Crippen LogP contribution is -2.34. The highest BCUT2D eigenvalue weighted by Gasteiger charge is 2.10. The standard InChI is InChI=1S/C18H30N2O4.C2H6/c1-5-6-15(2)19-18(21)24-17-9-7-16(8-10-17)20(11-13-22-3)12-14-23-4;1-2/h7-10,15H,5-6,11-14H2,1-4H3,(H,19,21);1-2H3/t15-;/m1./s1. The third kappa shape index (κ3) is 10.3. The van der Waals surface area contributed by atoms with Crippen LogP contribution in [-0.4, -0.2) is 52.7 Å². The maximum absolute atomic E-state index is 11.8. The molecule has 6 nitrogen and oxygen atoms in total. The number of ether oxygens (including phenoxy) is 3. The Kier molecular flexibility index (Phi) is 14.4. The Morgan fingerprint density at radius 1 is 1.08 bits per heavy atom. The van der Waals surface area contributed by atoms with Gasteiger partial charge in [0.25, 0.3) is 0 Å². The summed E-state index contributed by atoms with van der Waals surface area (Å²) in [4.78, 5) is 14.0. The summed E-state index contributed by atoms with van der Waals surface area (Å²) >= 11 is 0. The molecule has 0 radical (unpaired) electrons. The predicted molar refractivity (Wildman–Crippen MR) is 107 cm³/mol. The lowest BCUT2D eigenvalue weighted by molar-refractivity contribution is 0.190. The number of carbonyl (C=O) groups excluding carboxylic acids is 1. The summed E-state index contributed by atoms with van der Waals surface area (Å²) in [7, 11) is 3.37. The molecule has 6 heteroatoms. The van der Waals surface area contributed by atoms with E-state index in [-0.39, 0.29) is 6.04 Å². The Hall–Kier alpha value is -1.79. The van der Waals surface area contributed by atoms with Crippen molar-refractivity contribution in [2.75, 3.05) is 45.4 Å². The van der Waals surface area contributed by atoms with Crippen molar-refractivity contribution in [2.24, 2.45) is 0 Å². The number of carbonyl (C=O) groups is 1. The summed E-state index contributed by atoms with van der Waals surface area (Å²) in [6, 6.07) is 7.57. The summed E-state index contributed by atoms with van der Waals surface area (Å²) in [5.74, 6) is 0.526. The van der Waals surface area contributed by atoms with E-state index in [0.717, 1.165) is 31.6 Å². The molecule has 150 valence electrons. The van der Waals surface area contributed by atoms with Crippen LogP contribution in [0.4, 0.5) is 10.5 Å². The minimum Gasteiger partial charge on any atom is -0.410 e. The molecule has 0 spiro atoms. The zero-order valence-corrected chi connectivity index (χ0v) is 17.2. The first-order chi connectivity index (χ1) is 12.6. The fraction of sp³-hybridized carbons (Fsp3) is 0.650. The van der Waals surface area contributed by atoms with Crippen molar-refractivity contribution in [3.05, 3.63) is 24.3 Å². The number of methoxy groups -OCH3 is 2. The first-order valence-electron chi connectivity index (χ1n) is 9.42. The lowest BCUT2D eigenvalue weighted by Gasteiger charge is -2.24. The van der Waals surface area contributed by atoms with E-state index in [9.17, 15) is 4.79 Å². The van der Waals surface area contributed by atoms with Gasteiger partial charge in [0, 0.05) is 39.0 Å². The van der Waals surface area contributed by atoms with Gasteiger partial charge >= 0.3 is 6.09 Å². The maximum atomic E-state index is 11.8. The zero-order chi connectivity index (χ0) is 19.8. The number of hydrogen-bond acceptors (Lipinski definition) is 5. The Balaban J connectivity index is 0.00000301. The number of nitrogens with one attached hydrogen (secondary N) is 1. The third-order valence-corrected chi connectivity index (χ3v) is 3.63. The molecule has 1 aromatic carbocycles. The van der Waals surface area contributed by atoms with Crippen molar-refractivity contribution in [3.63, 3.8) is 0 Å². The van der Waals surface area contributed by atoms with Crippen LogP contribution >= 0.6 is 0 Å². The quantitative estimate of drug-likeness (QED) is 0.637. The second kappa shape index (κ2) is 15.5. The van der Waals surface area contributed by atoms with E-state index in [1.54, 1.807) is 26.4 Å². The number of anilines is 1. The predicted octanol–water partition coefficient (Wildman–Crippen LogP) is 4.09. The highest BCUT2D eigenvalue weighted by Crippen LogP contribution is 2.19. The summed E-state index contributed by atoms with van der Waals surface area (Å²) in [6.07, 6.45) is 1.54. The fourth-order valence-corrected chi connectivity index (χ4v) is 2.34. The van der Waals surface area contributed by atoms with Crippen molar-refractivity contribution in [1.29, 1.82) is 0 Å². The van der Waals surface area contributed by atoms with Crippen LogP contribution in [-0.2, 0) is 9.47 Å². The van der Waals surface area contributed by atoms with Crippen LogP contribution in [0, 0.1) is 0 Å². The van der Waals surface area contributed by atoms with E-state index in [4.69, 9.17) is 14.2 Å². The van der Waals surface area contributed by atoms with E-state index in [2.05, 4.69) is 17.1 Å². The molecule has 0 bridgehead atoms. The van der Waals surface area contributed by atoms with Gasteiger partial charge in [0.15, 0.2) is 0 Å². The monoisotopic (exact) mass is 368 g/mol. The molecule has 1 atom stereocenters. The second-order valence-electron chi connectivity index (χ2n) is 5.69. The van der Waals surface area contributed by atoms with Crippen molar-refractivity contribution in [2.45, 2.75) is 46.6 Å². The molecule has 0 aliphatic rings. The maximum Gasteiger partial charge on any atom is 0.412 e. The van der Waals surface area contributed by atoms with Crippen molar-refractivity contribution < 1.29 is 19.0 Å². The summed E-state index contributed by atoms with van der Waals surface area (Å²) in [5, 5.41) is 2.82. The van der Waals surface area contributed by atoms with Crippen molar-refractivity contribution >= 4 is 11.8 Å². The number of hydrogen-bond donors (Lipinski definition) is 1. The SMILES string of the molecule is CC.CCC[C@@H](C)NC(=O)Oc1ccc(N(CCOC)CCOC)cc1. The van der Waals surface area contributed by atoms with Gasteiger partial charge in [0.1, 0.15) is 5.75 Å². The molecule has 0 unspecified atom stereocenters. The number of nitrogens with zero attached hydrogens (tertiary/aromatic N) is 1. The smallest absolute Gasteiger partial charge is 0.410 e. The zero-order valence-electron chi connectivity index (χ0n) is 17.2. The lowest BCUT2D eigenvalue weighted by atomic mass is 10.2. The average Bonchev–Trinajstić information content (AvgIpc) is 2.64. The van der Waals surface area contributed by atoms with Crippen LogP contribution in [0.1, 0.15) is 40.5 Å². The van der Waals surface area contributed by atoms with Gasteiger partial charge in [0.2, 0.25) is 0 Å². The van der Waals surface area contributed by atoms with Crippen LogP contribution < -0.4 is 15.0 Å². The minimum atomic E-state index is -0.417. The van der Waals surface area contributed by atoms with Gasteiger partial charge < -0.3 is 24.4 Å². The van der Waals surface area contributed by atoms with Gasteiger partial charge in [-0.15, -0.1) is 0 Å². The fourth-order valence-electron chi connectivity index (χ4n) is 2.34. The molecule has 0 aliphatic carbocycles. The summed E-state index contributed by atoms with van der Waals surface area (Å²) < 4.78 is 15.6. The molecule has 0 aliphatic heterocycles. The molecule has 1 N–H and O–H groups in total. The van der Waals surface area contributed by atoms with E-state index in [1.807, 2.05) is 32.9 Å². The van der Waals surface area contributed by atoms with Gasteiger partial charge in [-0.3, -0.25) is 0 Å². The van der Waals surface area contributed by atoms with Gasteiger partial charge in [-0.05, 0) is 37.6 Å². The van der Waals surface area contributed by atoms with Gasteiger partial charge in [-0.1, -0.05) is 27.2 Å². The number of rotatable bonds is 11. The third-order valence-electron chi connectivity index (χ3n) is 3.63. The highest BCUT2D eigenvalue weighted by atomic mass is 16.6. The topological polar surface area (TPSA) is 60.0 Å². The van der Waals surface area contributed by atoms with Gasteiger partial charge in [0.05, 0.1) is 13.2 Å². The molecule has 26 heavy (non-hydrogen) atoms. The van der Waals surface area contributed by atoms with Crippen LogP contribution in [0.2, 0.25) is 0 Å². The van der Waals surface area contributed by atoms with E-state index >= 15 is 0 Å².